The van der Waals surface area contributed by atoms with Crippen LogP contribution in [0, 0.1) is 11.3 Å². The maximum Gasteiger partial charge on any atom is 0.253 e. The summed E-state index contributed by atoms with van der Waals surface area (Å²) >= 11 is 6.17. The molecule has 2 aromatic carbocycles. The van der Waals surface area contributed by atoms with E-state index in [1.54, 1.807) is 31.5 Å². The predicted octanol–water partition coefficient (Wildman–Crippen LogP) is 4.47. The maximum absolute atomic E-state index is 13.1. The lowest BCUT2D eigenvalue weighted by Gasteiger charge is -2.33. The highest BCUT2D eigenvalue weighted by Gasteiger charge is 2.58. The molecule has 1 saturated carbocycles. The number of nitrogens with one attached hydrogen (secondary N) is 1. The second-order valence-corrected chi connectivity index (χ2v) is 9.56. The molecule has 176 valence electrons. The molecule has 1 aliphatic heterocycles. The fourth-order valence-corrected chi connectivity index (χ4v) is 5.22. The second kappa shape index (κ2) is 9.14. The first-order chi connectivity index (χ1) is 16.5. The minimum atomic E-state index is -0.0250. The number of benzene rings is 2. The molecule has 1 N–H and O–H groups in total. The van der Waals surface area contributed by atoms with E-state index in [0.717, 1.165) is 24.8 Å². The number of halogens is 1. The molecule has 7 nitrogen and oxygen atoms in total. The number of rotatable bonds is 6. The van der Waals surface area contributed by atoms with Crippen molar-refractivity contribution in [2.75, 3.05) is 25.5 Å². The van der Waals surface area contributed by atoms with Crippen molar-refractivity contribution in [3.05, 3.63) is 77.1 Å². The third-order valence-electron chi connectivity index (χ3n) is 7.05. The molecule has 2 amide bonds. The Balaban J connectivity index is 1.16. The second-order valence-electron chi connectivity index (χ2n) is 9.15. The van der Waals surface area contributed by atoms with Crippen molar-refractivity contribution < 1.29 is 14.3 Å². The number of piperidine rings is 1. The average molecular weight is 479 g/mol. The zero-order chi connectivity index (χ0) is 23.7. The summed E-state index contributed by atoms with van der Waals surface area (Å²) in [5.41, 5.74) is 2.40. The van der Waals surface area contributed by atoms with Gasteiger partial charge in [0.05, 0.1) is 18.7 Å². The smallest absolute Gasteiger partial charge is 0.253 e. The summed E-state index contributed by atoms with van der Waals surface area (Å²) in [5, 5.41) is 7.68. The first-order valence-electron chi connectivity index (χ1n) is 11.5. The fraction of sp³-hybridized carbons (Fsp3) is 0.346. The molecule has 34 heavy (non-hydrogen) atoms. The van der Waals surface area contributed by atoms with Crippen LogP contribution >= 0.6 is 11.6 Å². The van der Waals surface area contributed by atoms with Crippen molar-refractivity contribution in [3.8, 4) is 5.75 Å². The number of likely N-dealkylation sites (tertiary alicyclic amines) is 1. The van der Waals surface area contributed by atoms with Gasteiger partial charge in [-0.25, -0.2) is 0 Å². The molecule has 1 aliphatic carbocycles. The number of carbonyl (C=O) groups is 2. The molecular formula is C26H27ClN4O3. The molecule has 1 spiro atoms. The van der Waals surface area contributed by atoms with Crippen LogP contribution in [0.2, 0.25) is 5.02 Å². The summed E-state index contributed by atoms with van der Waals surface area (Å²) in [6.07, 6.45) is 6.20. The van der Waals surface area contributed by atoms with Gasteiger partial charge in [0.25, 0.3) is 5.91 Å². The van der Waals surface area contributed by atoms with E-state index in [2.05, 4.69) is 10.4 Å². The average Bonchev–Trinajstić information content (AvgIpc) is 3.29. The van der Waals surface area contributed by atoms with Gasteiger partial charge in [0.15, 0.2) is 0 Å². The van der Waals surface area contributed by atoms with E-state index in [-0.39, 0.29) is 23.1 Å². The first kappa shape index (κ1) is 22.5. The maximum atomic E-state index is 13.1. The minimum absolute atomic E-state index is 0.000924. The van der Waals surface area contributed by atoms with Gasteiger partial charge in [0, 0.05) is 42.7 Å². The fourth-order valence-electron chi connectivity index (χ4n) is 4.97. The quantitative estimate of drug-likeness (QED) is 0.567. The summed E-state index contributed by atoms with van der Waals surface area (Å²) in [7, 11) is 1.56. The van der Waals surface area contributed by atoms with Crippen LogP contribution in [0.3, 0.4) is 0 Å². The van der Waals surface area contributed by atoms with Gasteiger partial charge < -0.3 is 15.0 Å². The highest BCUT2D eigenvalue weighted by atomic mass is 35.5. The van der Waals surface area contributed by atoms with E-state index < -0.39 is 0 Å². The van der Waals surface area contributed by atoms with Gasteiger partial charge in [-0.2, -0.15) is 5.10 Å². The minimum Gasteiger partial charge on any atom is -0.495 e. The Hall–Kier alpha value is -3.32. The zero-order valence-electron chi connectivity index (χ0n) is 19.0. The SMILES string of the molecule is COc1ccc(NC(=O)C2CC23CCN(C(=O)c2cccc(Cn4cccn4)c2)CC3)cc1Cl. The molecule has 1 saturated heterocycles. The summed E-state index contributed by atoms with van der Waals surface area (Å²) in [4.78, 5) is 27.9. The van der Waals surface area contributed by atoms with E-state index in [4.69, 9.17) is 16.3 Å². The van der Waals surface area contributed by atoms with E-state index in [0.29, 0.717) is 41.7 Å². The number of hydrogen-bond donors (Lipinski definition) is 1. The van der Waals surface area contributed by atoms with Gasteiger partial charge in [-0.3, -0.25) is 14.3 Å². The van der Waals surface area contributed by atoms with Crippen LogP contribution < -0.4 is 10.1 Å². The van der Waals surface area contributed by atoms with Crippen molar-refractivity contribution in [2.24, 2.45) is 11.3 Å². The van der Waals surface area contributed by atoms with Gasteiger partial charge in [-0.15, -0.1) is 0 Å². The highest BCUT2D eigenvalue weighted by molar-refractivity contribution is 6.32. The Bertz CT molecular complexity index is 1200. The lowest BCUT2D eigenvalue weighted by atomic mass is 9.90. The Morgan fingerprint density at radius 1 is 1.18 bits per heavy atom. The summed E-state index contributed by atoms with van der Waals surface area (Å²) in [6.45, 7) is 1.97. The van der Waals surface area contributed by atoms with Gasteiger partial charge >= 0.3 is 0 Å². The molecule has 1 atom stereocenters. The summed E-state index contributed by atoms with van der Waals surface area (Å²) in [6, 6.07) is 14.9. The highest BCUT2D eigenvalue weighted by Crippen LogP contribution is 2.59. The van der Waals surface area contributed by atoms with Crippen LogP contribution in [0.15, 0.2) is 60.9 Å². The van der Waals surface area contributed by atoms with Crippen molar-refractivity contribution in [1.29, 1.82) is 0 Å². The lowest BCUT2D eigenvalue weighted by molar-refractivity contribution is -0.118. The largest absolute Gasteiger partial charge is 0.495 e. The Morgan fingerprint density at radius 2 is 2.00 bits per heavy atom. The van der Waals surface area contributed by atoms with Crippen LogP contribution in [-0.2, 0) is 11.3 Å². The molecule has 0 radical (unpaired) electrons. The first-order valence-corrected chi connectivity index (χ1v) is 11.9. The molecule has 2 heterocycles. The van der Waals surface area contributed by atoms with Crippen LogP contribution in [-0.4, -0.2) is 46.7 Å². The number of nitrogens with zero attached hydrogens (tertiary/aromatic N) is 3. The van der Waals surface area contributed by atoms with Crippen molar-refractivity contribution in [3.63, 3.8) is 0 Å². The van der Waals surface area contributed by atoms with E-state index in [9.17, 15) is 9.59 Å². The Morgan fingerprint density at radius 3 is 2.71 bits per heavy atom. The third-order valence-corrected chi connectivity index (χ3v) is 7.35. The number of ether oxygens (including phenoxy) is 1. The van der Waals surface area contributed by atoms with Gasteiger partial charge in [-0.1, -0.05) is 23.7 Å². The van der Waals surface area contributed by atoms with E-state index >= 15 is 0 Å². The molecule has 5 rings (SSSR count). The molecule has 0 bridgehead atoms. The van der Waals surface area contributed by atoms with Crippen molar-refractivity contribution >= 4 is 29.1 Å². The number of amides is 2. The van der Waals surface area contributed by atoms with Gasteiger partial charge in [0.2, 0.25) is 5.91 Å². The van der Waals surface area contributed by atoms with Crippen molar-refractivity contribution in [2.45, 2.75) is 25.8 Å². The summed E-state index contributed by atoms with van der Waals surface area (Å²) < 4.78 is 7.00. The van der Waals surface area contributed by atoms with Gasteiger partial charge in [0.1, 0.15) is 5.75 Å². The molecule has 2 fully saturated rings. The van der Waals surface area contributed by atoms with Gasteiger partial charge in [-0.05, 0) is 66.6 Å². The monoisotopic (exact) mass is 478 g/mol. The normalized spacial score (nSPS) is 18.5. The van der Waals surface area contributed by atoms with Crippen molar-refractivity contribution in [1.82, 2.24) is 14.7 Å². The topological polar surface area (TPSA) is 76.5 Å². The van der Waals surface area contributed by atoms with Crippen LogP contribution in [0.25, 0.3) is 0 Å². The predicted molar refractivity (Wildman–Crippen MR) is 130 cm³/mol. The molecule has 2 aliphatic rings. The number of anilines is 1. The molecule has 1 aromatic heterocycles. The van der Waals surface area contributed by atoms with E-state index in [1.807, 2.05) is 46.1 Å². The number of aromatic nitrogens is 2. The van der Waals surface area contributed by atoms with Crippen LogP contribution in [0.4, 0.5) is 5.69 Å². The summed E-state index contributed by atoms with van der Waals surface area (Å²) in [5.74, 6) is 0.619. The number of hydrogen-bond acceptors (Lipinski definition) is 4. The van der Waals surface area contributed by atoms with Crippen LogP contribution in [0.1, 0.15) is 35.2 Å². The standard InChI is InChI=1S/C26H27ClN4O3/c1-34-23-7-6-20(15-22(23)27)29-24(32)21-16-26(21)8-12-30(13-9-26)25(33)19-5-2-4-18(14-19)17-31-11-3-10-28-31/h2-7,10-11,14-15,21H,8-9,12-13,16-17H2,1H3,(H,29,32). The third kappa shape index (κ3) is 4.53. The molecule has 8 heteroatoms. The lowest BCUT2D eigenvalue weighted by Crippen LogP contribution is -2.40. The Kier molecular flexibility index (Phi) is 6.04. The zero-order valence-corrected chi connectivity index (χ0v) is 19.8. The number of carbonyl (C=O) groups excluding carboxylic acids is 2. The van der Waals surface area contributed by atoms with E-state index in [1.165, 1.54) is 0 Å². The van der Waals surface area contributed by atoms with Crippen LogP contribution in [0.5, 0.6) is 5.75 Å². The molecular weight excluding hydrogens is 452 g/mol. The molecule has 1 unspecified atom stereocenters. The molecule has 3 aromatic rings. The number of methoxy groups -OCH3 is 1. The Labute approximate surface area is 203 Å².